The van der Waals surface area contributed by atoms with Gasteiger partial charge in [0.15, 0.2) is 17.0 Å². The molecule has 37 heavy (non-hydrogen) atoms. The summed E-state index contributed by atoms with van der Waals surface area (Å²) in [4.78, 5) is 44.9. The van der Waals surface area contributed by atoms with E-state index in [1.807, 2.05) is 43.5 Å². The van der Waals surface area contributed by atoms with Crippen LogP contribution in [-0.4, -0.2) is 73.3 Å². The van der Waals surface area contributed by atoms with Gasteiger partial charge in [0.1, 0.15) is 6.10 Å². The van der Waals surface area contributed by atoms with Gasteiger partial charge in [-0.15, -0.1) is 11.3 Å². The Morgan fingerprint density at radius 2 is 1.92 bits per heavy atom. The fourth-order valence-electron chi connectivity index (χ4n) is 4.45. The average molecular weight is 526 g/mol. The quantitative estimate of drug-likeness (QED) is 0.439. The second-order valence-electron chi connectivity index (χ2n) is 9.33. The number of aliphatic hydroxyl groups excluding tert-OH is 2. The Bertz CT molecular complexity index is 1240. The van der Waals surface area contributed by atoms with Crippen LogP contribution in [0.25, 0.3) is 5.69 Å². The molecule has 4 rings (SSSR count). The van der Waals surface area contributed by atoms with Gasteiger partial charge < -0.3 is 15.1 Å². The molecule has 0 aliphatic carbocycles. The Hall–Kier alpha value is -3.41. The molecule has 3 aromatic rings. The van der Waals surface area contributed by atoms with Gasteiger partial charge in [0, 0.05) is 44.7 Å². The van der Waals surface area contributed by atoms with Crippen LogP contribution in [0, 0.1) is 0 Å². The van der Waals surface area contributed by atoms with E-state index < -0.39 is 23.9 Å². The van der Waals surface area contributed by atoms with Crippen molar-refractivity contribution in [1.29, 1.82) is 0 Å². The maximum absolute atomic E-state index is 13.1. The van der Waals surface area contributed by atoms with Crippen LogP contribution >= 0.6 is 11.3 Å². The smallest absolute Gasteiger partial charge is 0.255 e. The molecular weight excluding hydrogens is 494 g/mol. The summed E-state index contributed by atoms with van der Waals surface area (Å²) < 4.78 is 1.73. The lowest BCUT2D eigenvalue weighted by Crippen LogP contribution is -2.47. The van der Waals surface area contributed by atoms with Crippen molar-refractivity contribution in [3.05, 3.63) is 59.4 Å². The van der Waals surface area contributed by atoms with Crippen molar-refractivity contribution in [2.24, 2.45) is 0 Å². The zero-order valence-electron chi connectivity index (χ0n) is 21.0. The summed E-state index contributed by atoms with van der Waals surface area (Å²) >= 11 is 1.30. The first-order valence-corrected chi connectivity index (χ1v) is 13.0. The summed E-state index contributed by atoms with van der Waals surface area (Å²) in [5.74, 6) is -1.67. The third kappa shape index (κ3) is 5.79. The Morgan fingerprint density at radius 3 is 2.57 bits per heavy atom. The first kappa shape index (κ1) is 26.6. The van der Waals surface area contributed by atoms with Gasteiger partial charge in [-0.1, -0.05) is 19.1 Å². The number of nitrogens with zero attached hydrogens (tertiary/aromatic N) is 5. The minimum atomic E-state index is -1.86. The number of rotatable bonds is 9. The summed E-state index contributed by atoms with van der Waals surface area (Å²) in [7, 11) is 1.63. The molecule has 2 N–H and O–H groups in total. The van der Waals surface area contributed by atoms with Gasteiger partial charge in [0.25, 0.3) is 5.91 Å². The van der Waals surface area contributed by atoms with Crippen molar-refractivity contribution in [3.8, 4) is 5.69 Å². The Morgan fingerprint density at radius 1 is 1.19 bits per heavy atom. The number of ketones is 1. The number of anilines is 1. The van der Waals surface area contributed by atoms with Gasteiger partial charge in [0.05, 0.1) is 17.4 Å². The summed E-state index contributed by atoms with van der Waals surface area (Å²) in [5.41, 5.74) is 2.40. The van der Waals surface area contributed by atoms with Crippen molar-refractivity contribution in [3.63, 3.8) is 0 Å². The zero-order valence-corrected chi connectivity index (χ0v) is 21.8. The average Bonchev–Trinajstić information content (AvgIpc) is 3.68. The number of aromatic nitrogens is 3. The number of hydrogen-bond donors (Lipinski definition) is 2. The third-order valence-electron chi connectivity index (χ3n) is 6.77. The molecule has 0 saturated carbocycles. The molecule has 0 bridgehead atoms. The van der Waals surface area contributed by atoms with E-state index in [2.05, 4.69) is 10.1 Å². The van der Waals surface area contributed by atoms with Gasteiger partial charge in [0.2, 0.25) is 5.91 Å². The highest BCUT2D eigenvalue weighted by atomic mass is 32.1. The highest BCUT2D eigenvalue weighted by molar-refractivity contribution is 7.14. The van der Waals surface area contributed by atoms with Crippen LogP contribution in [-0.2, 0) is 14.4 Å². The van der Waals surface area contributed by atoms with E-state index in [0.717, 1.165) is 11.3 Å². The molecule has 2 aromatic heterocycles. The highest BCUT2D eigenvalue weighted by Crippen LogP contribution is 2.35. The zero-order chi connectivity index (χ0) is 26.7. The van der Waals surface area contributed by atoms with Gasteiger partial charge >= 0.3 is 0 Å². The number of aliphatic hydroxyl groups is 2. The van der Waals surface area contributed by atoms with E-state index in [1.165, 1.54) is 28.1 Å². The maximum atomic E-state index is 13.1. The molecule has 4 atom stereocenters. The maximum Gasteiger partial charge on any atom is 0.255 e. The van der Waals surface area contributed by atoms with Gasteiger partial charge in [-0.25, -0.2) is 9.67 Å². The Labute approximate surface area is 219 Å². The standard InChI is InChI=1S/C26H31N5O5S/c1-16(18-7-9-19(10-8-18)31-13-5-11-27-31)14-22(33)23(34)24(35)25(36)30-12-4-6-21(30)20-15-37-26(28-20)29(3)17(2)32/h5,7-11,13,15-16,21,23-24,34-35H,4,6,12,14H2,1-3H3/t16-,21+,23-,24+/m0/s1. The minimum absolute atomic E-state index is 0.0249. The van der Waals surface area contributed by atoms with Crippen LogP contribution in [0.5, 0.6) is 0 Å². The number of carbonyl (C=O) groups excluding carboxylic acids is 3. The molecule has 0 unspecified atom stereocenters. The summed E-state index contributed by atoms with van der Waals surface area (Å²) in [6, 6.07) is 9.01. The SMILES string of the molecule is CC(=O)N(C)c1nc([C@H]2CCCN2C(=O)[C@H](O)[C@@H](O)C(=O)C[C@H](C)c2ccc(-n3cccn3)cc2)cs1. The molecule has 0 radical (unpaired) electrons. The van der Waals surface area contributed by atoms with Crippen molar-refractivity contribution in [2.45, 2.75) is 57.3 Å². The molecule has 10 nitrogen and oxygen atoms in total. The molecule has 3 heterocycles. The van der Waals surface area contributed by atoms with E-state index >= 15 is 0 Å². The highest BCUT2D eigenvalue weighted by Gasteiger charge is 2.39. The van der Waals surface area contributed by atoms with E-state index in [9.17, 15) is 24.6 Å². The van der Waals surface area contributed by atoms with Crippen molar-refractivity contribution in [1.82, 2.24) is 19.7 Å². The normalized spacial score (nSPS) is 17.9. The molecular formula is C26H31N5O5S. The number of carbonyl (C=O) groups is 3. The molecule has 1 aromatic carbocycles. The van der Waals surface area contributed by atoms with Gasteiger partial charge in [-0.05, 0) is 42.5 Å². The van der Waals surface area contributed by atoms with Crippen LogP contribution in [0.3, 0.4) is 0 Å². The largest absolute Gasteiger partial charge is 0.382 e. The van der Waals surface area contributed by atoms with Crippen LogP contribution in [0.15, 0.2) is 48.1 Å². The lowest BCUT2D eigenvalue weighted by Gasteiger charge is -2.27. The molecule has 0 spiro atoms. The lowest BCUT2D eigenvalue weighted by molar-refractivity contribution is -0.153. The summed E-state index contributed by atoms with van der Waals surface area (Å²) in [6.07, 6.45) is 1.15. The number of Topliss-reactive ketones (excluding diaryl/α,β-unsaturated/α-hetero) is 1. The molecule has 1 aliphatic rings. The number of hydrogen-bond acceptors (Lipinski definition) is 8. The number of benzene rings is 1. The third-order valence-corrected chi connectivity index (χ3v) is 7.70. The van der Waals surface area contributed by atoms with Crippen LogP contribution in [0.4, 0.5) is 5.13 Å². The van der Waals surface area contributed by atoms with Crippen LogP contribution in [0.1, 0.15) is 56.3 Å². The molecule has 1 fully saturated rings. The fourth-order valence-corrected chi connectivity index (χ4v) is 5.34. The summed E-state index contributed by atoms with van der Waals surface area (Å²) in [5, 5.41) is 27.7. The van der Waals surface area contributed by atoms with Crippen molar-refractivity contribution >= 4 is 34.1 Å². The monoisotopic (exact) mass is 525 g/mol. The molecule has 2 amide bonds. The number of amides is 2. The molecule has 1 saturated heterocycles. The van der Waals surface area contributed by atoms with Crippen molar-refractivity contribution in [2.75, 3.05) is 18.5 Å². The predicted molar refractivity (Wildman–Crippen MR) is 139 cm³/mol. The fraction of sp³-hybridized carbons (Fsp3) is 0.423. The number of thiazole rings is 1. The topological polar surface area (TPSA) is 129 Å². The van der Waals surface area contributed by atoms with Crippen LogP contribution in [0.2, 0.25) is 0 Å². The lowest BCUT2D eigenvalue weighted by atomic mass is 9.92. The Balaban J connectivity index is 1.37. The van der Waals surface area contributed by atoms with E-state index in [1.54, 1.807) is 23.3 Å². The van der Waals surface area contributed by atoms with Gasteiger partial charge in [-0.3, -0.25) is 19.3 Å². The van der Waals surface area contributed by atoms with E-state index in [-0.39, 0.29) is 24.3 Å². The first-order chi connectivity index (χ1) is 17.7. The van der Waals surface area contributed by atoms with Crippen LogP contribution < -0.4 is 4.90 Å². The molecule has 1 aliphatic heterocycles. The van der Waals surface area contributed by atoms with Gasteiger partial charge in [-0.2, -0.15) is 5.10 Å². The summed E-state index contributed by atoms with van der Waals surface area (Å²) in [6.45, 7) is 3.68. The molecule has 196 valence electrons. The predicted octanol–water partition coefficient (Wildman–Crippen LogP) is 2.46. The minimum Gasteiger partial charge on any atom is -0.382 e. The number of likely N-dealkylation sites (tertiary alicyclic amines) is 1. The second-order valence-corrected chi connectivity index (χ2v) is 10.2. The molecule has 11 heteroatoms. The van der Waals surface area contributed by atoms with E-state index in [0.29, 0.717) is 30.2 Å². The van der Waals surface area contributed by atoms with Crippen molar-refractivity contribution < 1.29 is 24.6 Å². The van der Waals surface area contributed by atoms with E-state index in [4.69, 9.17) is 0 Å². The Kier molecular flexibility index (Phi) is 8.16. The second kappa shape index (κ2) is 11.3. The first-order valence-electron chi connectivity index (χ1n) is 12.2.